The molecule has 0 amide bonds. The Morgan fingerprint density at radius 2 is 2.10 bits per heavy atom. The van der Waals surface area contributed by atoms with E-state index in [4.69, 9.17) is 16.2 Å². The zero-order valence-electron chi connectivity index (χ0n) is 17.3. The first-order valence-corrected chi connectivity index (χ1v) is 11.4. The fourth-order valence-corrected chi connectivity index (χ4v) is 4.36. The van der Waals surface area contributed by atoms with E-state index in [1.54, 1.807) is 0 Å². The van der Waals surface area contributed by atoms with E-state index in [0.29, 0.717) is 12.8 Å². The van der Waals surface area contributed by atoms with Crippen LogP contribution in [0.2, 0.25) is 0 Å². The molecule has 1 aromatic carbocycles. The molecular formula is C19H30N4O5S. The molecule has 0 spiro atoms. The fourth-order valence-electron chi connectivity index (χ4n) is 3.35. The molecule has 1 aliphatic heterocycles. The molecule has 5 N–H and O–H groups in total. The summed E-state index contributed by atoms with van der Waals surface area (Å²) in [5.74, 6) is -0.235. The SMILES string of the molecule is Cc1ccc2c(c1)C(NC(CCCC(=O)ON=C(N)N)S(C)(=O)=O)CC(C)(C)O2. The van der Waals surface area contributed by atoms with Gasteiger partial charge in [0.1, 0.15) is 16.7 Å². The van der Waals surface area contributed by atoms with Gasteiger partial charge in [-0.25, -0.2) is 13.2 Å². The Bertz CT molecular complexity index is 879. The first-order valence-electron chi connectivity index (χ1n) is 9.40. The molecule has 10 heteroatoms. The number of carbonyl (C=O) groups is 1. The summed E-state index contributed by atoms with van der Waals surface area (Å²) in [5.41, 5.74) is 11.8. The molecule has 2 unspecified atom stereocenters. The lowest BCUT2D eigenvalue weighted by molar-refractivity contribution is -0.143. The molecule has 2 rings (SSSR count). The zero-order valence-corrected chi connectivity index (χ0v) is 18.1. The third-order valence-electron chi connectivity index (χ3n) is 4.63. The maximum atomic E-state index is 12.4. The van der Waals surface area contributed by atoms with Gasteiger partial charge in [-0.1, -0.05) is 17.7 Å². The van der Waals surface area contributed by atoms with E-state index in [1.165, 1.54) is 6.26 Å². The summed E-state index contributed by atoms with van der Waals surface area (Å²) in [5, 5.41) is 5.65. The van der Waals surface area contributed by atoms with Crippen molar-refractivity contribution in [3.05, 3.63) is 29.3 Å². The number of hydrogen-bond acceptors (Lipinski definition) is 7. The van der Waals surface area contributed by atoms with E-state index in [2.05, 4.69) is 15.3 Å². The number of carbonyl (C=O) groups excluding carboxylic acids is 1. The van der Waals surface area contributed by atoms with Gasteiger partial charge in [-0.15, -0.1) is 0 Å². The molecule has 0 aliphatic carbocycles. The normalized spacial score (nSPS) is 18.8. The molecule has 0 fully saturated rings. The van der Waals surface area contributed by atoms with E-state index in [1.807, 2.05) is 39.0 Å². The summed E-state index contributed by atoms with van der Waals surface area (Å²) in [6.07, 6.45) is 2.34. The molecule has 0 bridgehead atoms. The van der Waals surface area contributed by atoms with Crippen molar-refractivity contribution < 1.29 is 22.8 Å². The van der Waals surface area contributed by atoms with E-state index in [0.717, 1.165) is 16.9 Å². The van der Waals surface area contributed by atoms with Crippen LogP contribution in [0.1, 0.15) is 56.7 Å². The van der Waals surface area contributed by atoms with Crippen LogP contribution in [0.5, 0.6) is 5.75 Å². The van der Waals surface area contributed by atoms with Crippen LogP contribution in [0, 0.1) is 6.92 Å². The molecule has 1 aromatic rings. The summed E-state index contributed by atoms with van der Waals surface area (Å²) < 4.78 is 30.8. The molecule has 1 heterocycles. The van der Waals surface area contributed by atoms with Crippen molar-refractivity contribution in [2.45, 2.75) is 63.5 Å². The highest BCUT2D eigenvalue weighted by molar-refractivity contribution is 7.91. The van der Waals surface area contributed by atoms with E-state index < -0.39 is 26.8 Å². The lowest BCUT2D eigenvalue weighted by Gasteiger charge is -2.39. The predicted octanol–water partition coefficient (Wildman–Crippen LogP) is 1.46. The summed E-state index contributed by atoms with van der Waals surface area (Å²) in [6, 6.07) is 5.69. The molecule has 0 aromatic heterocycles. The van der Waals surface area contributed by atoms with Gasteiger partial charge < -0.3 is 21.0 Å². The smallest absolute Gasteiger partial charge is 0.335 e. The van der Waals surface area contributed by atoms with Crippen molar-refractivity contribution in [2.24, 2.45) is 16.6 Å². The summed E-state index contributed by atoms with van der Waals surface area (Å²) in [6.45, 7) is 5.92. The lowest BCUT2D eigenvalue weighted by atomic mass is 9.89. The second-order valence-corrected chi connectivity index (χ2v) is 10.2. The number of ether oxygens (including phenoxy) is 1. The summed E-state index contributed by atoms with van der Waals surface area (Å²) in [4.78, 5) is 16.1. The number of sulfone groups is 1. The van der Waals surface area contributed by atoms with E-state index in [9.17, 15) is 13.2 Å². The molecule has 162 valence electrons. The Labute approximate surface area is 171 Å². The number of hydrogen-bond donors (Lipinski definition) is 3. The molecule has 0 radical (unpaired) electrons. The van der Waals surface area contributed by atoms with Crippen molar-refractivity contribution in [1.82, 2.24) is 5.32 Å². The number of fused-ring (bicyclic) bond motifs is 1. The zero-order chi connectivity index (χ0) is 21.8. The van der Waals surface area contributed by atoms with Crippen LogP contribution in [0.3, 0.4) is 0 Å². The van der Waals surface area contributed by atoms with Crippen LogP contribution in [0.25, 0.3) is 0 Å². The topological polar surface area (TPSA) is 146 Å². The van der Waals surface area contributed by atoms with E-state index in [-0.39, 0.29) is 24.8 Å². The first kappa shape index (κ1) is 23.0. The van der Waals surface area contributed by atoms with Gasteiger partial charge >= 0.3 is 5.97 Å². The largest absolute Gasteiger partial charge is 0.487 e. The molecular weight excluding hydrogens is 396 g/mol. The quantitative estimate of drug-likeness (QED) is 0.245. The van der Waals surface area contributed by atoms with Gasteiger partial charge in [0.2, 0.25) is 5.96 Å². The number of oxime groups is 1. The Hall–Kier alpha value is -2.33. The number of aryl methyl sites for hydroxylation is 1. The van der Waals surface area contributed by atoms with Crippen LogP contribution in [0.15, 0.2) is 23.4 Å². The van der Waals surface area contributed by atoms with Gasteiger partial charge in [0, 0.05) is 30.7 Å². The van der Waals surface area contributed by atoms with Gasteiger partial charge in [0.15, 0.2) is 9.84 Å². The number of benzene rings is 1. The molecule has 0 saturated heterocycles. The highest BCUT2D eigenvalue weighted by Crippen LogP contribution is 2.40. The van der Waals surface area contributed by atoms with Gasteiger partial charge in [-0.05, 0) is 44.8 Å². The number of guanidine groups is 1. The highest BCUT2D eigenvalue weighted by atomic mass is 32.2. The highest BCUT2D eigenvalue weighted by Gasteiger charge is 2.36. The Morgan fingerprint density at radius 3 is 2.72 bits per heavy atom. The molecule has 1 aliphatic rings. The molecule has 9 nitrogen and oxygen atoms in total. The fraction of sp³-hybridized carbons (Fsp3) is 0.579. The van der Waals surface area contributed by atoms with Gasteiger partial charge in [0.25, 0.3) is 0 Å². The lowest BCUT2D eigenvalue weighted by Crippen LogP contribution is -2.45. The number of rotatable bonds is 8. The van der Waals surface area contributed by atoms with Crippen molar-refractivity contribution in [3.8, 4) is 5.75 Å². The van der Waals surface area contributed by atoms with Crippen LogP contribution in [0.4, 0.5) is 0 Å². The maximum absolute atomic E-state index is 12.4. The standard InChI is InChI=1S/C19H30N4O5S/c1-12-8-9-15-13(10-12)14(11-19(2,3)27-15)22-16(29(4,25)26)6-5-7-17(24)28-23-18(20)21/h8-10,14,16,22H,5-7,11H2,1-4H3,(H4,20,21,23). The number of nitrogens with zero attached hydrogens (tertiary/aromatic N) is 1. The van der Waals surface area contributed by atoms with Crippen LogP contribution >= 0.6 is 0 Å². The van der Waals surface area contributed by atoms with Crippen LogP contribution in [-0.4, -0.2) is 37.6 Å². The molecule has 29 heavy (non-hydrogen) atoms. The monoisotopic (exact) mass is 426 g/mol. The van der Waals surface area contributed by atoms with Gasteiger partial charge in [-0.2, -0.15) is 0 Å². The first-order chi connectivity index (χ1) is 13.4. The minimum atomic E-state index is -3.41. The Kier molecular flexibility index (Phi) is 7.12. The second kappa shape index (κ2) is 9.00. The predicted molar refractivity (Wildman–Crippen MR) is 111 cm³/mol. The van der Waals surface area contributed by atoms with Crippen LogP contribution in [-0.2, 0) is 19.5 Å². The Morgan fingerprint density at radius 1 is 1.41 bits per heavy atom. The van der Waals surface area contributed by atoms with Crippen LogP contribution < -0.4 is 21.5 Å². The average molecular weight is 427 g/mol. The van der Waals surface area contributed by atoms with Crippen molar-refractivity contribution in [2.75, 3.05) is 6.26 Å². The molecule has 0 saturated carbocycles. The average Bonchev–Trinajstić information content (AvgIpc) is 2.58. The number of nitrogens with two attached hydrogens (primary N) is 2. The third-order valence-corrected chi connectivity index (χ3v) is 6.03. The minimum Gasteiger partial charge on any atom is -0.487 e. The maximum Gasteiger partial charge on any atom is 0.335 e. The van der Waals surface area contributed by atoms with E-state index >= 15 is 0 Å². The number of nitrogens with one attached hydrogen (secondary N) is 1. The van der Waals surface area contributed by atoms with Gasteiger partial charge in [-0.3, -0.25) is 5.32 Å². The van der Waals surface area contributed by atoms with Crippen molar-refractivity contribution in [3.63, 3.8) is 0 Å². The van der Waals surface area contributed by atoms with Crippen molar-refractivity contribution >= 4 is 21.8 Å². The van der Waals surface area contributed by atoms with Gasteiger partial charge in [0.05, 0.1) is 0 Å². The molecule has 2 atom stereocenters. The van der Waals surface area contributed by atoms with Crippen molar-refractivity contribution in [1.29, 1.82) is 0 Å². The summed E-state index contributed by atoms with van der Waals surface area (Å²) >= 11 is 0. The Balaban J connectivity index is 2.11. The second-order valence-electron chi connectivity index (χ2n) is 8.02. The third kappa shape index (κ3) is 6.90. The minimum absolute atomic E-state index is 0.000550. The summed E-state index contributed by atoms with van der Waals surface area (Å²) in [7, 11) is -3.41.